The third-order valence-corrected chi connectivity index (χ3v) is 3.46. The van der Waals surface area contributed by atoms with Gasteiger partial charge >= 0.3 is 0 Å². The van der Waals surface area contributed by atoms with Crippen molar-refractivity contribution in [2.45, 2.75) is 38.2 Å². The number of alkyl halides is 1. The first-order chi connectivity index (χ1) is 9.33. The number of methoxy groups -OCH3 is 1. The molecule has 0 amide bonds. The SMILES string of the molecule is COc1ccc(OC2CCCCC2)c(C#CCCl)c1. The Hall–Kier alpha value is -1.33. The molecule has 0 saturated heterocycles. The van der Waals surface area contributed by atoms with Crippen LogP contribution < -0.4 is 9.47 Å². The van der Waals surface area contributed by atoms with E-state index in [1.165, 1.54) is 19.3 Å². The fourth-order valence-corrected chi connectivity index (χ4v) is 2.39. The Morgan fingerprint density at radius 2 is 2.05 bits per heavy atom. The van der Waals surface area contributed by atoms with Crippen LogP contribution in [0.5, 0.6) is 11.5 Å². The first-order valence-corrected chi connectivity index (χ1v) is 7.26. The lowest BCUT2D eigenvalue weighted by Crippen LogP contribution is -2.20. The second-order valence-corrected chi connectivity index (χ2v) is 4.94. The first-order valence-electron chi connectivity index (χ1n) is 6.73. The van der Waals surface area contributed by atoms with Crippen LogP contribution in [0.15, 0.2) is 18.2 Å². The molecule has 0 aliphatic heterocycles. The predicted molar refractivity (Wildman–Crippen MR) is 78.1 cm³/mol. The Balaban J connectivity index is 2.17. The van der Waals surface area contributed by atoms with E-state index in [1.807, 2.05) is 18.2 Å². The number of ether oxygens (including phenoxy) is 2. The third-order valence-electron chi connectivity index (χ3n) is 3.32. The number of hydrogen-bond acceptors (Lipinski definition) is 2. The zero-order chi connectivity index (χ0) is 13.5. The Bertz CT molecular complexity index is 467. The molecule has 2 rings (SSSR count). The quantitative estimate of drug-likeness (QED) is 0.615. The number of benzene rings is 1. The van der Waals surface area contributed by atoms with Gasteiger partial charge in [0.25, 0.3) is 0 Å². The van der Waals surface area contributed by atoms with Gasteiger partial charge in [0.05, 0.1) is 24.7 Å². The number of hydrogen-bond donors (Lipinski definition) is 0. The van der Waals surface area contributed by atoms with E-state index in [0.717, 1.165) is 29.9 Å². The van der Waals surface area contributed by atoms with Crippen molar-refractivity contribution in [1.29, 1.82) is 0 Å². The number of halogens is 1. The molecule has 0 N–H and O–H groups in total. The first kappa shape index (κ1) is 14.1. The highest BCUT2D eigenvalue weighted by Gasteiger charge is 2.16. The van der Waals surface area contributed by atoms with Gasteiger partial charge in [0.1, 0.15) is 11.5 Å². The Kier molecular flexibility index (Phi) is 5.42. The molecule has 0 aromatic heterocycles. The normalized spacial score (nSPS) is 15.5. The maximum atomic E-state index is 6.08. The van der Waals surface area contributed by atoms with E-state index in [4.69, 9.17) is 21.1 Å². The monoisotopic (exact) mass is 278 g/mol. The van der Waals surface area contributed by atoms with Gasteiger partial charge in [-0.3, -0.25) is 0 Å². The topological polar surface area (TPSA) is 18.5 Å². The summed E-state index contributed by atoms with van der Waals surface area (Å²) in [5, 5.41) is 0. The van der Waals surface area contributed by atoms with Gasteiger partial charge in [-0.1, -0.05) is 18.3 Å². The van der Waals surface area contributed by atoms with Crippen LogP contribution in [0.25, 0.3) is 0 Å². The molecule has 1 aliphatic carbocycles. The molecule has 1 aromatic rings. The summed E-state index contributed by atoms with van der Waals surface area (Å²) in [6, 6.07) is 5.74. The van der Waals surface area contributed by atoms with Gasteiger partial charge in [0.2, 0.25) is 0 Å². The molecular weight excluding hydrogens is 260 g/mol. The second-order valence-electron chi connectivity index (χ2n) is 4.68. The molecular formula is C16H19ClO2. The van der Waals surface area contributed by atoms with Crippen molar-refractivity contribution in [2.75, 3.05) is 13.0 Å². The zero-order valence-electron chi connectivity index (χ0n) is 11.2. The summed E-state index contributed by atoms with van der Waals surface area (Å²) in [7, 11) is 1.65. The molecule has 1 aromatic carbocycles. The molecule has 0 spiro atoms. The van der Waals surface area contributed by atoms with Crippen LogP contribution in [0.3, 0.4) is 0 Å². The highest BCUT2D eigenvalue weighted by Crippen LogP contribution is 2.28. The van der Waals surface area contributed by atoms with Crippen LogP contribution in [0.2, 0.25) is 0 Å². The minimum absolute atomic E-state index is 0.318. The van der Waals surface area contributed by atoms with Gasteiger partial charge in [0, 0.05) is 0 Å². The molecule has 19 heavy (non-hydrogen) atoms. The van der Waals surface area contributed by atoms with E-state index in [-0.39, 0.29) is 0 Å². The van der Waals surface area contributed by atoms with E-state index in [9.17, 15) is 0 Å². The summed E-state index contributed by atoms with van der Waals surface area (Å²) in [6.45, 7) is 0. The minimum Gasteiger partial charge on any atom is -0.497 e. The van der Waals surface area contributed by atoms with Gasteiger partial charge < -0.3 is 9.47 Å². The summed E-state index contributed by atoms with van der Waals surface area (Å²) in [6.07, 6.45) is 6.41. The fourth-order valence-electron chi connectivity index (χ4n) is 2.33. The van der Waals surface area contributed by atoms with E-state index in [1.54, 1.807) is 7.11 Å². The Morgan fingerprint density at radius 1 is 1.26 bits per heavy atom. The summed E-state index contributed by atoms with van der Waals surface area (Å²) < 4.78 is 11.3. The van der Waals surface area contributed by atoms with Gasteiger partial charge in [-0.25, -0.2) is 0 Å². The maximum Gasteiger partial charge on any atom is 0.135 e. The number of rotatable bonds is 3. The summed E-state index contributed by atoms with van der Waals surface area (Å²) in [5.74, 6) is 7.86. The fraction of sp³-hybridized carbons (Fsp3) is 0.500. The van der Waals surface area contributed by atoms with E-state index in [2.05, 4.69) is 11.8 Å². The highest BCUT2D eigenvalue weighted by atomic mass is 35.5. The Morgan fingerprint density at radius 3 is 2.74 bits per heavy atom. The van der Waals surface area contributed by atoms with Crippen molar-refractivity contribution in [3.8, 4) is 23.3 Å². The van der Waals surface area contributed by atoms with Crippen molar-refractivity contribution in [3.05, 3.63) is 23.8 Å². The van der Waals surface area contributed by atoms with Crippen molar-refractivity contribution < 1.29 is 9.47 Å². The lowest BCUT2D eigenvalue weighted by molar-refractivity contribution is 0.154. The molecule has 102 valence electrons. The average molecular weight is 279 g/mol. The zero-order valence-corrected chi connectivity index (χ0v) is 12.0. The van der Waals surface area contributed by atoms with Gasteiger partial charge in [-0.2, -0.15) is 0 Å². The predicted octanol–water partition coefficient (Wildman–Crippen LogP) is 4.00. The summed E-state index contributed by atoms with van der Waals surface area (Å²) >= 11 is 5.62. The molecule has 1 aliphatic rings. The molecule has 0 radical (unpaired) electrons. The lowest BCUT2D eigenvalue weighted by atomic mass is 9.97. The van der Waals surface area contributed by atoms with Crippen molar-refractivity contribution in [1.82, 2.24) is 0 Å². The van der Waals surface area contributed by atoms with Gasteiger partial charge in [0.15, 0.2) is 0 Å². The standard InChI is InChI=1S/C16H19ClO2/c1-18-15-9-10-16(13(12-15)6-5-11-17)19-14-7-3-2-4-8-14/h9-10,12,14H,2-4,7-8,11H2,1H3. The van der Waals surface area contributed by atoms with Gasteiger partial charge in [-0.15, -0.1) is 11.6 Å². The summed E-state index contributed by atoms with van der Waals surface area (Å²) in [4.78, 5) is 0. The largest absolute Gasteiger partial charge is 0.497 e. The smallest absolute Gasteiger partial charge is 0.135 e. The van der Waals surface area contributed by atoms with Crippen molar-refractivity contribution in [3.63, 3.8) is 0 Å². The molecule has 0 unspecified atom stereocenters. The maximum absolute atomic E-state index is 6.08. The molecule has 0 atom stereocenters. The van der Waals surface area contributed by atoms with Gasteiger partial charge in [-0.05, 0) is 43.9 Å². The van der Waals surface area contributed by atoms with Crippen LogP contribution in [0.1, 0.15) is 37.7 Å². The molecule has 2 nitrogen and oxygen atoms in total. The van der Waals surface area contributed by atoms with Crippen LogP contribution in [0, 0.1) is 11.8 Å². The average Bonchev–Trinajstić information content (AvgIpc) is 2.47. The van der Waals surface area contributed by atoms with Crippen LogP contribution in [0.4, 0.5) is 0 Å². The van der Waals surface area contributed by atoms with Crippen molar-refractivity contribution >= 4 is 11.6 Å². The van der Waals surface area contributed by atoms with Crippen LogP contribution in [-0.4, -0.2) is 19.1 Å². The second kappa shape index (κ2) is 7.31. The summed E-state index contributed by atoms with van der Waals surface area (Å²) in [5.41, 5.74) is 0.852. The molecule has 1 fully saturated rings. The van der Waals surface area contributed by atoms with E-state index in [0.29, 0.717) is 12.0 Å². The van der Waals surface area contributed by atoms with E-state index < -0.39 is 0 Å². The molecule has 0 bridgehead atoms. The van der Waals surface area contributed by atoms with Crippen LogP contribution >= 0.6 is 11.6 Å². The van der Waals surface area contributed by atoms with Crippen LogP contribution in [-0.2, 0) is 0 Å². The minimum atomic E-state index is 0.318. The van der Waals surface area contributed by atoms with E-state index >= 15 is 0 Å². The lowest BCUT2D eigenvalue weighted by Gasteiger charge is -2.23. The highest BCUT2D eigenvalue weighted by molar-refractivity contribution is 6.19. The Labute approximate surface area is 120 Å². The molecule has 1 saturated carbocycles. The third kappa shape index (κ3) is 4.08. The molecule has 3 heteroatoms. The van der Waals surface area contributed by atoms with Crippen molar-refractivity contribution in [2.24, 2.45) is 0 Å². The molecule has 0 heterocycles.